The van der Waals surface area contributed by atoms with Crippen molar-refractivity contribution in [3.8, 4) is 5.75 Å². The van der Waals surface area contributed by atoms with Crippen molar-refractivity contribution in [1.82, 2.24) is 0 Å². The zero-order chi connectivity index (χ0) is 19.4. The molecule has 7 heteroatoms. The van der Waals surface area contributed by atoms with E-state index >= 15 is 0 Å². The minimum Gasteiger partial charge on any atom is -0.494 e. The Kier molecular flexibility index (Phi) is 5.93. The summed E-state index contributed by atoms with van der Waals surface area (Å²) < 4.78 is 19.6. The molecule has 2 aromatic carbocycles. The Morgan fingerprint density at radius 1 is 1.07 bits per heavy atom. The average molecular weight is 387 g/mol. The van der Waals surface area contributed by atoms with Crippen LogP contribution in [0.5, 0.6) is 5.75 Å². The van der Waals surface area contributed by atoms with Crippen molar-refractivity contribution in [3.63, 3.8) is 0 Å². The third-order valence-electron chi connectivity index (χ3n) is 3.93. The van der Waals surface area contributed by atoms with Crippen molar-refractivity contribution in [1.29, 1.82) is 0 Å². The first-order valence-corrected chi connectivity index (χ1v) is 9.41. The zero-order valence-corrected chi connectivity index (χ0v) is 15.5. The number of hydrogen-bond acceptors (Lipinski definition) is 5. The first-order chi connectivity index (χ1) is 13.1. The highest BCUT2D eigenvalue weighted by atomic mass is 32.2. The second-order valence-electron chi connectivity index (χ2n) is 5.63. The Morgan fingerprint density at radius 2 is 1.78 bits per heavy atom. The lowest BCUT2D eigenvalue weighted by molar-refractivity contribution is -0.119. The minimum atomic E-state index is -0.654. The van der Waals surface area contributed by atoms with Crippen LogP contribution in [0, 0.1) is 5.82 Å². The summed E-state index contributed by atoms with van der Waals surface area (Å²) in [5, 5.41) is 9.13. The summed E-state index contributed by atoms with van der Waals surface area (Å²) in [6.07, 6.45) is 0. The van der Waals surface area contributed by atoms with Crippen molar-refractivity contribution in [2.45, 2.75) is 6.92 Å². The maximum Gasteiger partial charge on any atom is 0.272 e. The molecule has 0 bridgehead atoms. The fourth-order valence-electron chi connectivity index (χ4n) is 2.78. The Bertz CT molecular complexity index is 895. The number of para-hydroxylation sites is 1. The lowest BCUT2D eigenvalue weighted by atomic mass is 10.1. The van der Waals surface area contributed by atoms with Crippen LogP contribution in [0.15, 0.2) is 53.4 Å². The highest BCUT2D eigenvalue weighted by molar-refractivity contribution is 8.04. The molecular weight excluding hydrogens is 369 g/mol. The number of amides is 2. The molecule has 0 saturated heterocycles. The summed E-state index contributed by atoms with van der Waals surface area (Å²) in [5.41, 5.74) is 0.649. The fourth-order valence-corrected chi connectivity index (χ4v) is 3.64. The molecule has 0 saturated carbocycles. The number of anilines is 1. The van der Waals surface area contributed by atoms with E-state index < -0.39 is 17.6 Å². The van der Waals surface area contributed by atoms with Gasteiger partial charge in [0.25, 0.3) is 11.8 Å². The number of aliphatic hydroxyl groups is 1. The van der Waals surface area contributed by atoms with Gasteiger partial charge in [0.05, 0.1) is 29.4 Å². The molecule has 2 amide bonds. The predicted octanol–water partition coefficient (Wildman–Crippen LogP) is 3.23. The Balaban J connectivity index is 2.04. The van der Waals surface area contributed by atoms with E-state index in [1.165, 1.54) is 18.2 Å². The Labute approximate surface area is 160 Å². The number of carbonyl (C=O) groups is 2. The van der Waals surface area contributed by atoms with E-state index in [9.17, 15) is 14.0 Å². The number of halogens is 1. The van der Waals surface area contributed by atoms with E-state index in [2.05, 4.69) is 0 Å². The molecule has 5 nitrogen and oxygen atoms in total. The van der Waals surface area contributed by atoms with Crippen molar-refractivity contribution >= 4 is 34.8 Å². The third-order valence-corrected chi connectivity index (χ3v) is 4.98. The first-order valence-electron chi connectivity index (χ1n) is 8.43. The van der Waals surface area contributed by atoms with E-state index in [1.54, 1.807) is 30.3 Å². The number of carbonyl (C=O) groups excluding carboxylic acids is 2. The molecular formula is C20H18FNO4S. The van der Waals surface area contributed by atoms with E-state index in [1.807, 2.05) is 6.92 Å². The van der Waals surface area contributed by atoms with Crippen LogP contribution < -0.4 is 9.64 Å². The van der Waals surface area contributed by atoms with Crippen LogP contribution in [0.25, 0.3) is 5.57 Å². The Morgan fingerprint density at radius 3 is 2.41 bits per heavy atom. The summed E-state index contributed by atoms with van der Waals surface area (Å²) in [6, 6.07) is 12.4. The summed E-state index contributed by atoms with van der Waals surface area (Å²) in [6.45, 7) is 2.23. The molecule has 1 N–H and O–H groups in total. The molecule has 0 aliphatic carbocycles. The van der Waals surface area contributed by atoms with Gasteiger partial charge in [-0.15, -0.1) is 11.8 Å². The Hall–Kier alpha value is -2.64. The summed E-state index contributed by atoms with van der Waals surface area (Å²) in [5.74, 6) is -0.935. The predicted molar refractivity (Wildman–Crippen MR) is 103 cm³/mol. The number of thioether (sulfide) groups is 1. The van der Waals surface area contributed by atoms with Crippen LogP contribution >= 0.6 is 11.8 Å². The normalized spacial score (nSPS) is 14.3. The maximum atomic E-state index is 14.2. The number of rotatable bonds is 7. The van der Waals surface area contributed by atoms with Crippen molar-refractivity contribution in [2.75, 3.05) is 23.9 Å². The monoisotopic (exact) mass is 387 g/mol. The van der Waals surface area contributed by atoms with Gasteiger partial charge in [-0.1, -0.05) is 24.3 Å². The van der Waals surface area contributed by atoms with E-state index in [0.29, 0.717) is 17.9 Å². The van der Waals surface area contributed by atoms with E-state index in [0.717, 1.165) is 16.7 Å². The van der Waals surface area contributed by atoms with Crippen LogP contribution in [-0.2, 0) is 9.59 Å². The highest BCUT2D eigenvalue weighted by Crippen LogP contribution is 2.39. The lowest BCUT2D eigenvalue weighted by Crippen LogP contribution is -2.32. The van der Waals surface area contributed by atoms with Crippen LogP contribution in [0.3, 0.4) is 0 Å². The quantitative estimate of drug-likeness (QED) is 0.739. The van der Waals surface area contributed by atoms with Gasteiger partial charge in [-0.2, -0.15) is 0 Å². The van der Waals surface area contributed by atoms with Gasteiger partial charge in [-0.05, 0) is 36.8 Å². The van der Waals surface area contributed by atoms with Gasteiger partial charge < -0.3 is 9.84 Å². The number of imide groups is 1. The zero-order valence-electron chi connectivity index (χ0n) is 14.6. The average Bonchev–Trinajstić information content (AvgIpc) is 2.91. The number of hydrogen-bond donors (Lipinski definition) is 1. The van der Waals surface area contributed by atoms with Crippen LogP contribution in [0.1, 0.15) is 12.5 Å². The molecule has 0 unspecified atom stereocenters. The molecule has 3 rings (SSSR count). The standard InChI is InChI=1S/C20H18FNO4S/c1-2-26-14-9-7-13(8-10-14)17-18(27-12-11-23)20(25)22(19(17)24)16-6-4-3-5-15(16)21/h3-10,23H,2,11-12H2,1H3. The van der Waals surface area contributed by atoms with Crippen molar-refractivity contribution < 1.29 is 23.8 Å². The molecule has 1 aliphatic heterocycles. The van der Waals surface area contributed by atoms with Gasteiger partial charge in [-0.3, -0.25) is 9.59 Å². The largest absolute Gasteiger partial charge is 0.494 e. The molecule has 0 atom stereocenters. The molecule has 27 heavy (non-hydrogen) atoms. The topological polar surface area (TPSA) is 66.8 Å². The number of nitrogens with zero attached hydrogens (tertiary/aromatic N) is 1. The van der Waals surface area contributed by atoms with E-state index in [-0.39, 0.29) is 28.5 Å². The smallest absolute Gasteiger partial charge is 0.272 e. The first kappa shape index (κ1) is 19.1. The molecule has 1 aliphatic rings. The number of ether oxygens (including phenoxy) is 1. The summed E-state index contributed by atoms with van der Waals surface area (Å²) in [7, 11) is 0. The summed E-state index contributed by atoms with van der Waals surface area (Å²) >= 11 is 1.08. The fraction of sp³-hybridized carbons (Fsp3) is 0.200. The van der Waals surface area contributed by atoms with Crippen LogP contribution in [-0.4, -0.2) is 35.9 Å². The number of aliphatic hydroxyl groups excluding tert-OH is 1. The molecule has 0 radical (unpaired) electrons. The molecule has 140 valence electrons. The SMILES string of the molecule is CCOc1ccc(C2=C(SCCO)C(=O)N(c3ccccc3F)C2=O)cc1. The highest BCUT2D eigenvalue weighted by Gasteiger charge is 2.41. The van der Waals surface area contributed by atoms with Gasteiger partial charge >= 0.3 is 0 Å². The van der Waals surface area contributed by atoms with Gasteiger partial charge in [-0.25, -0.2) is 9.29 Å². The number of benzene rings is 2. The molecule has 0 spiro atoms. The molecule has 0 fully saturated rings. The van der Waals surface area contributed by atoms with Crippen LogP contribution in [0.4, 0.5) is 10.1 Å². The van der Waals surface area contributed by atoms with Gasteiger partial charge in [0.15, 0.2) is 0 Å². The molecule has 1 heterocycles. The van der Waals surface area contributed by atoms with Gasteiger partial charge in [0.1, 0.15) is 11.6 Å². The second kappa shape index (κ2) is 8.37. The van der Waals surface area contributed by atoms with Crippen molar-refractivity contribution in [3.05, 3.63) is 64.8 Å². The van der Waals surface area contributed by atoms with Gasteiger partial charge in [0.2, 0.25) is 0 Å². The maximum absolute atomic E-state index is 14.2. The molecule has 2 aromatic rings. The molecule has 0 aromatic heterocycles. The van der Waals surface area contributed by atoms with Crippen LogP contribution in [0.2, 0.25) is 0 Å². The van der Waals surface area contributed by atoms with Crippen molar-refractivity contribution in [2.24, 2.45) is 0 Å². The van der Waals surface area contributed by atoms with Gasteiger partial charge in [0, 0.05) is 5.75 Å². The van der Waals surface area contributed by atoms with E-state index in [4.69, 9.17) is 9.84 Å². The third kappa shape index (κ3) is 3.74. The summed E-state index contributed by atoms with van der Waals surface area (Å²) in [4.78, 5) is 27.0. The minimum absolute atomic E-state index is 0.0875. The second-order valence-corrected chi connectivity index (χ2v) is 6.74. The lowest BCUT2D eigenvalue weighted by Gasteiger charge is -2.15.